The fourth-order valence-corrected chi connectivity index (χ4v) is 6.62. The number of hydrogen-bond donors (Lipinski definition) is 3. The van der Waals surface area contributed by atoms with Crippen LogP contribution in [0.5, 0.6) is 0 Å². The lowest BCUT2D eigenvalue weighted by Crippen LogP contribution is -2.15. The highest BCUT2D eigenvalue weighted by Gasteiger charge is 2.34. The molecule has 0 atom stereocenters. The van der Waals surface area contributed by atoms with Gasteiger partial charge in [0.25, 0.3) is 11.8 Å². The molecule has 2 amide bonds. The molecule has 0 aliphatic heterocycles. The number of aromatic nitrogens is 6. The van der Waals surface area contributed by atoms with Gasteiger partial charge in [0.1, 0.15) is 11.4 Å². The van der Waals surface area contributed by atoms with Crippen LogP contribution in [0.2, 0.25) is 0 Å². The van der Waals surface area contributed by atoms with Crippen LogP contribution >= 0.6 is 33.0 Å². The highest BCUT2D eigenvalue weighted by molar-refractivity contribution is 8.26. The molecule has 12 nitrogen and oxygen atoms in total. The molecule has 4 aromatic carbocycles. The van der Waals surface area contributed by atoms with E-state index in [1.54, 1.807) is 94.5 Å². The summed E-state index contributed by atoms with van der Waals surface area (Å²) in [6.45, 7) is 2.92. The number of halogens is 9. The molecule has 8 aromatic rings. The number of aliphatic hydroxyl groups is 1. The van der Waals surface area contributed by atoms with E-state index in [4.69, 9.17) is 20.9 Å². The SMILES string of the molecule is Cc1ccc(C(=O)Nc2ccc(CCl)c(C(F)(F)F)c2)cc1C#Cc1cnc2cccnn12.Cc1ccc(C(=O)Nc2ccc(CO)c(C(F)(F)F)c2)cc1C#Cc1cnc2cccnn12.O=S(Cl)Cl. The third-order valence-electron chi connectivity index (χ3n) is 9.87. The third kappa shape index (κ3) is 13.5. The third-order valence-corrected chi connectivity index (χ3v) is 10.2. The largest absolute Gasteiger partial charge is 0.416 e. The van der Waals surface area contributed by atoms with E-state index in [0.29, 0.717) is 33.8 Å². The monoisotopic (exact) mass is 1040 g/mol. The van der Waals surface area contributed by atoms with E-state index in [1.165, 1.54) is 18.2 Å². The second-order valence-electron chi connectivity index (χ2n) is 14.6. The van der Waals surface area contributed by atoms with Crippen LogP contribution in [0, 0.1) is 37.5 Å². The van der Waals surface area contributed by atoms with E-state index in [0.717, 1.165) is 29.3 Å². The average Bonchev–Trinajstić information content (AvgIpc) is 3.94. The van der Waals surface area contributed by atoms with Gasteiger partial charge in [-0.2, -0.15) is 36.5 Å². The molecule has 0 unspecified atom stereocenters. The summed E-state index contributed by atoms with van der Waals surface area (Å²) >= 11 is 5.61. The van der Waals surface area contributed by atoms with Crippen molar-refractivity contribution < 1.29 is 45.2 Å². The number of aryl methyl sites for hydroxylation is 2. The molecule has 4 heterocycles. The maximum absolute atomic E-state index is 13.3. The van der Waals surface area contributed by atoms with Gasteiger partial charge in [0.05, 0.1) is 30.1 Å². The summed E-state index contributed by atoms with van der Waals surface area (Å²) in [5.74, 6) is 10.6. The number of benzene rings is 4. The molecule has 0 radical (unpaired) electrons. The topological polar surface area (TPSA) is 156 Å². The zero-order chi connectivity index (χ0) is 50.8. The maximum Gasteiger partial charge on any atom is 0.416 e. The number of nitrogens with zero attached hydrogens (tertiary/aromatic N) is 6. The molecule has 358 valence electrons. The molecule has 70 heavy (non-hydrogen) atoms. The number of hydrogen-bond acceptors (Lipinski definition) is 8. The van der Waals surface area contributed by atoms with Gasteiger partial charge in [-0.15, -0.1) is 11.6 Å². The number of fused-ring (bicyclic) bond motifs is 2. The van der Waals surface area contributed by atoms with Crippen molar-refractivity contribution in [1.82, 2.24) is 29.2 Å². The minimum Gasteiger partial charge on any atom is -0.392 e. The Balaban J connectivity index is 0.000000213. The number of nitrogens with one attached hydrogen (secondary N) is 2. The van der Waals surface area contributed by atoms with Crippen LogP contribution in [-0.4, -0.2) is 50.3 Å². The summed E-state index contributed by atoms with van der Waals surface area (Å²) in [6, 6.07) is 23.6. The smallest absolute Gasteiger partial charge is 0.392 e. The van der Waals surface area contributed by atoms with Crippen LogP contribution in [0.1, 0.15) is 76.6 Å². The number of amides is 2. The predicted octanol–water partition coefficient (Wildman–Crippen LogP) is 10.7. The second-order valence-corrected chi connectivity index (χ2v) is 17.3. The summed E-state index contributed by atoms with van der Waals surface area (Å²) in [5, 5.41) is 22.5. The van der Waals surface area contributed by atoms with E-state index in [-0.39, 0.29) is 39.5 Å². The molecule has 0 fully saturated rings. The van der Waals surface area contributed by atoms with Crippen molar-refractivity contribution in [3.05, 3.63) is 189 Å². The van der Waals surface area contributed by atoms with Crippen LogP contribution in [0.3, 0.4) is 0 Å². The normalized spacial score (nSPS) is 11.0. The van der Waals surface area contributed by atoms with Crippen molar-refractivity contribution in [2.24, 2.45) is 0 Å². The Morgan fingerprint density at radius 3 is 1.46 bits per heavy atom. The second kappa shape index (κ2) is 22.9. The van der Waals surface area contributed by atoms with Gasteiger partial charge < -0.3 is 15.7 Å². The van der Waals surface area contributed by atoms with Crippen molar-refractivity contribution >= 4 is 76.7 Å². The average molecular weight is 1040 g/mol. The summed E-state index contributed by atoms with van der Waals surface area (Å²) in [7, 11) is 7.36. The van der Waals surface area contributed by atoms with Crippen LogP contribution in [0.15, 0.2) is 122 Å². The first-order valence-electron chi connectivity index (χ1n) is 20.0. The Bertz CT molecular complexity index is 3170. The summed E-state index contributed by atoms with van der Waals surface area (Å²) in [5.41, 5.74) is 3.59. The van der Waals surface area contributed by atoms with E-state index in [2.05, 4.69) is 75.8 Å². The zero-order valence-electron chi connectivity index (χ0n) is 36.1. The Kier molecular flexibility index (Phi) is 17.0. The first-order valence-corrected chi connectivity index (χ1v) is 23.4. The number of alkyl halides is 7. The first kappa shape index (κ1) is 52.1. The standard InChI is InChI=1S/C24H16ClF3N4O.C24H17F3N4O2.Cl2OS/c1-15-4-5-17(11-16(15)7-9-20-14-29-22-3-2-10-30-32(20)22)23(33)31-19-8-6-18(13-25)21(12-19)24(26,27)28;1-15-4-5-17(11-16(15)7-9-20-13-28-22-3-2-10-29-31(20)22)23(33)30-19-8-6-18(14-32)21(12-19)24(25,26)27;1-4(2)3/h2-6,8,10-12,14H,13H2,1H3,(H,31,33);2-6,8,10-13,32H,14H2,1H3,(H,30,33);. The van der Waals surface area contributed by atoms with E-state index in [9.17, 15) is 35.9 Å². The van der Waals surface area contributed by atoms with Gasteiger partial charge in [-0.1, -0.05) is 36.1 Å². The highest BCUT2D eigenvalue weighted by Crippen LogP contribution is 2.35. The minimum atomic E-state index is -4.65. The van der Waals surface area contributed by atoms with Gasteiger partial charge in [0.2, 0.25) is 9.23 Å². The number of rotatable bonds is 6. The fraction of sp³-hybridized carbons (Fsp3) is 0.125. The van der Waals surface area contributed by atoms with Gasteiger partial charge in [0.15, 0.2) is 11.3 Å². The van der Waals surface area contributed by atoms with Crippen molar-refractivity contribution in [1.29, 1.82) is 0 Å². The van der Waals surface area contributed by atoms with Crippen LogP contribution in [0.4, 0.5) is 37.7 Å². The summed E-state index contributed by atoms with van der Waals surface area (Å²) in [6.07, 6.45) is -2.80. The number of imidazole rings is 2. The van der Waals surface area contributed by atoms with Gasteiger partial charge in [0, 0.05) is 73.3 Å². The molecular weight excluding hydrogens is 1000 g/mol. The molecule has 0 bridgehead atoms. The summed E-state index contributed by atoms with van der Waals surface area (Å²) < 4.78 is 91.8. The van der Waals surface area contributed by atoms with Crippen molar-refractivity contribution in [3.63, 3.8) is 0 Å². The van der Waals surface area contributed by atoms with E-state index < -0.39 is 51.1 Å². The van der Waals surface area contributed by atoms with Gasteiger partial charge in [-0.3, -0.25) is 9.59 Å². The van der Waals surface area contributed by atoms with Gasteiger partial charge >= 0.3 is 12.4 Å². The molecule has 0 saturated carbocycles. The van der Waals surface area contributed by atoms with Crippen molar-refractivity contribution in [2.75, 3.05) is 10.6 Å². The lowest BCUT2D eigenvalue weighted by molar-refractivity contribution is -0.139. The molecular formula is C48H33Cl3F6N8O4S. The molecule has 0 aliphatic rings. The minimum absolute atomic E-state index is 0.0196. The van der Waals surface area contributed by atoms with Crippen molar-refractivity contribution in [3.8, 4) is 23.7 Å². The lowest BCUT2D eigenvalue weighted by atomic mass is 10.0. The number of carbonyl (C=O) groups excluding carboxylic acids is 2. The summed E-state index contributed by atoms with van der Waals surface area (Å²) in [4.78, 5) is 33.8. The van der Waals surface area contributed by atoms with Crippen LogP contribution < -0.4 is 10.6 Å². The maximum atomic E-state index is 13.3. The Morgan fingerprint density at radius 2 is 1.06 bits per heavy atom. The number of carbonyl (C=O) groups is 2. The molecule has 0 saturated heterocycles. The molecule has 4 aromatic heterocycles. The number of aliphatic hydroxyl groups excluding tert-OH is 1. The first-order chi connectivity index (χ1) is 33.2. The van der Waals surface area contributed by atoms with E-state index in [1.807, 2.05) is 13.8 Å². The highest BCUT2D eigenvalue weighted by atomic mass is 36.0. The number of anilines is 2. The zero-order valence-corrected chi connectivity index (χ0v) is 39.2. The molecule has 8 rings (SSSR count). The fourth-order valence-electron chi connectivity index (χ4n) is 6.38. The Morgan fingerprint density at radius 1 is 0.643 bits per heavy atom. The van der Waals surface area contributed by atoms with Gasteiger partial charge in [-0.05, 0) is 121 Å². The predicted molar refractivity (Wildman–Crippen MR) is 254 cm³/mol. The molecule has 0 aliphatic carbocycles. The Hall–Kier alpha value is -7.26. The van der Waals surface area contributed by atoms with Crippen LogP contribution in [-0.2, 0) is 34.1 Å². The molecule has 0 spiro atoms. The molecule has 22 heteroatoms. The van der Waals surface area contributed by atoms with Crippen molar-refractivity contribution in [2.45, 2.75) is 38.7 Å². The van der Waals surface area contributed by atoms with E-state index >= 15 is 0 Å². The van der Waals surface area contributed by atoms with Gasteiger partial charge in [-0.25, -0.2) is 23.2 Å². The van der Waals surface area contributed by atoms with Crippen LogP contribution in [0.25, 0.3) is 11.3 Å². The Labute approximate surface area is 411 Å². The molecule has 3 N–H and O–H groups in total. The quantitative estimate of drug-likeness (QED) is 0.0643. The lowest BCUT2D eigenvalue weighted by Gasteiger charge is -2.14.